The Morgan fingerprint density at radius 3 is 2.85 bits per heavy atom. The zero-order chi connectivity index (χ0) is 22.4. The van der Waals surface area contributed by atoms with Gasteiger partial charge in [-0.2, -0.15) is 5.10 Å². The Morgan fingerprint density at radius 2 is 2.03 bits per heavy atom. The van der Waals surface area contributed by atoms with E-state index in [0.29, 0.717) is 41.5 Å². The number of pyridine rings is 1. The maximum atomic E-state index is 13.2. The Balaban J connectivity index is 1.33. The summed E-state index contributed by atoms with van der Waals surface area (Å²) in [6.07, 6.45) is 4.32. The van der Waals surface area contributed by atoms with E-state index in [2.05, 4.69) is 20.5 Å². The van der Waals surface area contributed by atoms with Crippen molar-refractivity contribution in [3.8, 4) is 17.0 Å². The van der Waals surface area contributed by atoms with Crippen molar-refractivity contribution in [2.24, 2.45) is 5.92 Å². The van der Waals surface area contributed by atoms with Gasteiger partial charge in [-0.25, -0.2) is 0 Å². The third kappa shape index (κ3) is 3.65. The molecule has 1 aliphatic carbocycles. The standard InChI is InChI=1S/C26H22N4O3/c31-22-10-12-33-23-9-7-16(13-19(22)23)24-18-14-17(6-8-20(18)29-30-24)26(32)28-25(15-4-5-15)21-3-1-2-11-27-21/h1-3,6-9,11,13-15,25H,4-5,10,12H2,(H,28,32)(H,29,30). The Hall–Kier alpha value is -4.00. The lowest BCUT2D eigenvalue weighted by molar-refractivity contribution is 0.0923. The fourth-order valence-corrected chi connectivity index (χ4v) is 4.43. The quantitative estimate of drug-likeness (QED) is 0.479. The summed E-state index contributed by atoms with van der Waals surface area (Å²) in [4.78, 5) is 30.0. The van der Waals surface area contributed by atoms with Crippen LogP contribution in [0.5, 0.6) is 5.75 Å². The third-order valence-corrected chi connectivity index (χ3v) is 6.35. The number of fused-ring (bicyclic) bond motifs is 2. The molecule has 4 aromatic rings. The number of ether oxygens (including phenoxy) is 1. The first-order valence-corrected chi connectivity index (χ1v) is 11.2. The number of carbonyl (C=O) groups is 2. The van der Waals surface area contributed by atoms with E-state index in [1.807, 2.05) is 48.5 Å². The van der Waals surface area contributed by atoms with Crippen LogP contribution < -0.4 is 10.1 Å². The van der Waals surface area contributed by atoms with E-state index in [4.69, 9.17) is 4.74 Å². The van der Waals surface area contributed by atoms with Crippen molar-refractivity contribution < 1.29 is 14.3 Å². The third-order valence-electron chi connectivity index (χ3n) is 6.35. The Morgan fingerprint density at radius 1 is 1.12 bits per heavy atom. The van der Waals surface area contributed by atoms with Gasteiger partial charge >= 0.3 is 0 Å². The summed E-state index contributed by atoms with van der Waals surface area (Å²) in [5.41, 5.74) is 4.35. The van der Waals surface area contributed by atoms with Crippen molar-refractivity contribution >= 4 is 22.6 Å². The maximum Gasteiger partial charge on any atom is 0.251 e. The summed E-state index contributed by atoms with van der Waals surface area (Å²) in [6.45, 7) is 0.412. The molecule has 1 fully saturated rings. The Bertz CT molecular complexity index is 1380. The predicted octanol–water partition coefficient (Wildman–Crippen LogP) is 4.47. The molecule has 0 spiro atoms. The SMILES string of the molecule is O=C(NC(c1ccccn1)C1CC1)c1ccc2[nH]nc(-c3ccc4c(c3)C(=O)CCO4)c2c1. The zero-order valence-electron chi connectivity index (χ0n) is 17.9. The molecule has 2 N–H and O–H groups in total. The normalized spacial score (nSPS) is 16.2. The number of aromatic amines is 1. The molecule has 1 amide bonds. The number of ketones is 1. The minimum absolute atomic E-state index is 0.0682. The fourth-order valence-electron chi connectivity index (χ4n) is 4.43. The summed E-state index contributed by atoms with van der Waals surface area (Å²) in [6, 6.07) is 16.7. The molecule has 1 saturated carbocycles. The van der Waals surface area contributed by atoms with Gasteiger partial charge in [-0.1, -0.05) is 6.07 Å². The number of hydrogen-bond acceptors (Lipinski definition) is 5. The van der Waals surface area contributed by atoms with E-state index in [9.17, 15) is 9.59 Å². The van der Waals surface area contributed by atoms with Gasteiger partial charge in [-0.15, -0.1) is 0 Å². The number of carbonyl (C=O) groups excluding carboxylic acids is 2. The summed E-state index contributed by atoms with van der Waals surface area (Å²) >= 11 is 0. The van der Waals surface area contributed by atoms with Crippen LogP contribution in [0.4, 0.5) is 0 Å². The predicted molar refractivity (Wildman–Crippen MR) is 123 cm³/mol. The first-order chi connectivity index (χ1) is 16.2. The lowest BCUT2D eigenvalue weighted by Crippen LogP contribution is -2.30. The van der Waals surface area contributed by atoms with Crippen molar-refractivity contribution in [2.45, 2.75) is 25.3 Å². The summed E-state index contributed by atoms with van der Waals surface area (Å²) in [7, 11) is 0. The van der Waals surface area contributed by atoms with Gasteiger partial charge in [-0.3, -0.25) is 19.7 Å². The average molecular weight is 438 g/mol. The molecule has 7 heteroatoms. The molecule has 0 bridgehead atoms. The van der Waals surface area contributed by atoms with Crippen LogP contribution in [-0.4, -0.2) is 33.5 Å². The second kappa shape index (κ2) is 7.85. The van der Waals surface area contributed by atoms with Gasteiger partial charge in [0.25, 0.3) is 5.91 Å². The van der Waals surface area contributed by atoms with Gasteiger partial charge in [0.05, 0.1) is 35.1 Å². The molecule has 0 radical (unpaired) electrons. The average Bonchev–Trinajstić information content (AvgIpc) is 3.61. The Kier molecular flexibility index (Phi) is 4.68. The number of nitrogens with zero attached hydrogens (tertiary/aromatic N) is 2. The number of hydrogen-bond donors (Lipinski definition) is 2. The van der Waals surface area contributed by atoms with E-state index in [1.165, 1.54) is 0 Å². The maximum absolute atomic E-state index is 13.2. The van der Waals surface area contributed by atoms with Crippen LogP contribution >= 0.6 is 0 Å². The summed E-state index contributed by atoms with van der Waals surface area (Å²) in [5, 5.41) is 11.5. The Labute approximate surface area is 190 Å². The largest absolute Gasteiger partial charge is 0.492 e. The number of H-pyrrole nitrogens is 1. The zero-order valence-corrected chi connectivity index (χ0v) is 17.9. The lowest BCUT2D eigenvalue weighted by Gasteiger charge is -2.18. The van der Waals surface area contributed by atoms with Crippen LogP contribution in [0.3, 0.4) is 0 Å². The first-order valence-electron chi connectivity index (χ1n) is 11.2. The van der Waals surface area contributed by atoms with Crippen LogP contribution in [0.1, 0.15) is 51.7 Å². The van der Waals surface area contributed by atoms with E-state index in [1.54, 1.807) is 12.3 Å². The number of rotatable bonds is 5. The molecule has 1 atom stereocenters. The number of amides is 1. The van der Waals surface area contributed by atoms with Crippen LogP contribution in [0.15, 0.2) is 60.8 Å². The van der Waals surface area contributed by atoms with E-state index < -0.39 is 0 Å². The molecule has 6 rings (SSSR count). The van der Waals surface area contributed by atoms with Crippen molar-refractivity contribution in [3.05, 3.63) is 77.6 Å². The topological polar surface area (TPSA) is 97.0 Å². The molecule has 7 nitrogen and oxygen atoms in total. The minimum Gasteiger partial charge on any atom is -0.492 e. The van der Waals surface area contributed by atoms with Crippen molar-refractivity contribution in [1.29, 1.82) is 0 Å². The molecule has 2 aliphatic rings. The molecule has 1 aliphatic heterocycles. The lowest BCUT2D eigenvalue weighted by atomic mass is 9.99. The number of nitrogens with one attached hydrogen (secondary N) is 2. The highest BCUT2D eigenvalue weighted by atomic mass is 16.5. The minimum atomic E-state index is -0.138. The van der Waals surface area contributed by atoms with Crippen LogP contribution in [-0.2, 0) is 0 Å². The highest BCUT2D eigenvalue weighted by Gasteiger charge is 2.34. The van der Waals surface area contributed by atoms with Gasteiger partial charge in [0.15, 0.2) is 5.78 Å². The second-order valence-electron chi connectivity index (χ2n) is 8.61. The van der Waals surface area contributed by atoms with Gasteiger partial charge in [-0.05, 0) is 67.3 Å². The molecule has 3 heterocycles. The second-order valence-corrected chi connectivity index (χ2v) is 8.61. The molecule has 2 aromatic carbocycles. The highest BCUT2D eigenvalue weighted by Crippen LogP contribution is 2.40. The number of aromatic nitrogens is 3. The van der Waals surface area contributed by atoms with Gasteiger partial charge < -0.3 is 10.1 Å². The van der Waals surface area contributed by atoms with Crippen molar-refractivity contribution in [1.82, 2.24) is 20.5 Å². The first kappa shape index (κ1) is 19.7. The smallest absolute Gasteiger partial charge is 0.251 e. The molecule has 0 saturated heterocycles. The molecule has 164 valence electrons. The monoisotopic (exact) mass is 438 g/mol. The van der Waals surface area contributed by atoms with E-state index in [-0.39, 0.29) is 17.7 Å². The fraction of sp³-hybridized carbons (Fsp3) is 0.231. The molecule has 1 unspecified atom stereocenters. The highest BCUT2D eigenvalue weighted by molar-refractivity contribution is 6.04. The van der Waals surface area contributed by atoms with Gasteiger partial charge in [0.1, 0.15) is 5.75 Å². The van der Waals surface area contributed by atoms with E-state index >= 15 is 0 Å². The van der Waals surface area contributed by atoms with Crippen LogP contribution in [0.2, 0.25) is 0 Å². The van der Waals surface area contributed by atoms with Crippen LogP contribution in [0, 0.1) is 5.92 Å². The molecule has 33 heavy (non-hydrogen) atoms. The van der Waals surface area contributed by atoms with Crippen molar-refractivity contribution in [2.75, 3.05) is 6.61 Å². The molecule has 2 aromatic heterocycles. The molecular weight excluding hydrogens is 416 g/mol. The number of Topliss-reactive ketones (excluding diaryl/α,β-unsaturated/α-hetero) is 1. The van der Waals surface area contributed by atoms with Crippen LogP contribution in [0.25, 0.3) is 22.2 Å². The molecular formula is C26H22N4O3. The summed E-state index contributed by atoms with van der Waals surface area (Å²) < 4.78 is 5.59. The van der Waals surface area contributed by atoms with Gasteiger partial charge in [0, 0.05) is 29.1 Å². The van der Waals surface area contributed by atoms with Crippen molar-refractivity contribution in [3.63, 3.8) is 0 Å². The number of benzene rings is 2. The van der Waals surface area contributed by atoms with E-state index in [0.717, 1.165) is 35.0 Å². The summed E-state index contributed by atoms with van der Waals surface area (Å²) in [5.74, 6) is 0.960. The van der Waals surface area contributed by atoms with Gasteiger partial charge in [0.2, 0.25) is 0 Å².